The average molecular weight is 295 g/mol. The van der Waals surface area contributed by atoms with E-state index in [1.54, 1.807) is 14.2 Å². The van der Waals surface area contributed by atoms with Crippen LogP contribution in [0.4, 0.5) is 5.69 Å². The summed E-state index contributed by atoms with van der Waals surface area (Å²) >= 11 is 0. The van der Waals surface area contributed by atoms with Crippen molar-refractivity contribution in [2.24, 2.45) is 0 Å². The first-order valence-corrected chi connectivity index (χ1v) is 7.62. The van der Waals surface area contributed by atoms with Gasteiger partial charge in [-0.05, 0) is 32.0 Å². The second kappa shape index (κ2) is 10.5. The molecule has 0 aliphatic heterocycles. The van der Waals surface area contributed by atoms with Crippen molar-refractivity contribution in [3.63, 3.8) is 0 Å². The third-order valence-corrected chi connectivity index (χ3v) is 3.59. The highest BCUT2D eigenvalue weighted by atomic mass is 16.5. The summed E-state index contributed by atoms with van der Waals surface area (Å²) in [6, 6.07) is 4.57. The highest BCUT2D eigenvalue weighted by molar-refractivity contribution is 5.44. The molecule has 1 heterocycles. The van der Waals surface area contributed by atoms with Crippen LogP contribution in [0.1, 0.15) is 31.5 Å². The van der Waals surface area contributed by atoms with Gasteiger partial charge in [0.05, 0.1) is 24.2 Å². The van der Waals surface area contributed by atoms with Crippen LogP contribution in [-0.2, 0) is 9.47 Å². The molecule has 1 rings (SSSR count). The number of pyridine rings is 1. The van der Waals surface area contributed by atoms with E-state index in [2.05, 4.69) is 34.3 Å². The molecule has 1 aromatic rings. The molecule has 0 bridgehead atoms. The monoisotopic (exact) mass is 295 g/mol. The van der Waals surface area contributed by atoms with Gasteiger partial charge in [0.15, 0.2) is 0 Å². The zero-order valence-electron chi connectivity index (χ0n) is 13.8. The lowest BCUT2D eigenvalue weighted by Gasteiger charge is -2.24. The van der Waals surface area contributed by atoms with Crippen molar-refractivity contribution in [1.82, 2.24) is 10.3 Å². The highest BCUT2D eigenvalue weighted by Gasteiger charge is 2.10. The van der Waals surface area contributed by atoms with Gasteiger partial charge in [0.2, 0.25) is 0 Å². The van der Waals surface area contributed by atoms with E-state index < -0.39 is 0 Å². The molecule has 5 nitrogen and oxygen atoms in total. The predicted molar refractivity (Wildman–Crippen MR) is 86.9 cm³/mol. The lowest BCUT2D eigenvalue weighted by molar-refractivity contribution is 0.191. The Morgan fingerprint density at radius 1 is 1.19 bits per heavy atom. The van der Waals surface area contributed by atoms with Crippen molar-refractivity contribution >= 4 is 5.69 Å². The number of nitrogens with one attached hydrogen (secondary N) is 1. The third-order valence-electron chi connectivity index (χ3n) is 3.59. The molecule has 21 heavy (non-hydrogen) atoms. The molecule has 0 saturated heterocycles. The molecule has 1 atom stereocenters. The molecule has 5 heteroatoms. The van der Waals surface area contributed by atoms with Crippen LogP contribution in [-0.4, -0.2) is 52.6 Å². The molecule has 1 unspecified atom stereocenters. The number of hydrogen-bond donors (Lipinski definition) is 1. The van der Waals surface area contributed by atoms with E-state index in [0.717, 1.165) is 43.9 Å². The quantitative estimate of drug-likeness (QED) is 0.634. The van der Waals surface area contributed by atoms with Crippen LogP contribution in [0, 0.1) is 0 Å². The molecular formula is C16H29N3O2. The molecule has 1 N–H and O–H groups in total. The zero-order chi connectivity index (χ0) is 15.5. The molecule has 0 saturated carbocycles. The van der Waals surface area contributed by atoms with Crippen molar-refractivity contribution in [2.45, 2.75) is 25.8 Å². The number of methoxy groups -OCH3 is 2. The van der Waals surface area contributed by atoms with Gasteiger partial charge in [0.25, 0.3) is 0 Å². The minimum absolute atomic E-state index is 0.319. The molecule has 0 aromatic carbocycles. The number of nitrogens with zero attached hydrogens (tertiary/aromatic N) is 2. The SMILES string of the molecule is CCC(NC)c1ccc(N(CCCOC)CCOC)cn1. The molecule has 120 valence electrons. The van der Waals surface area contributed by atoms with Gasteiger partial charge in [-0.2, -0.15) is 0 Å². The number of aromatic nitrogens is 1. The van der Waals surface area contributed by atoms with Crippen LogP contribution in [0.2, 0.25) is 0 Å². The molecule has 0 fully saturated rings. The lowest BCUT2D eigenvalue weighted by atomic mass is 10.1. The van der Waals surface area contributed by atoms with Crippen molar-refractivity contribution in [2.75, 3.05) is 52.5 Å². The highest BCUT2D eigenvalue weighted by Crippen LogP contribution is 2.18. The van der Waals surface area contributed by atoms with Crippen molar-refractivity contribution < 1.29 is 9.47 Å². The Balaban J connectivity index is 2.72. The molecule has 0 radical (unpaired) electrons. The van der Waals surface area contributed by atoms with E-state index in [4.69, 9.17) is 9.47 Å². The largest absolute Gasteiger partial charge is 0.385 e. The fraction of sp³-hybridized carbons (Fsp3) is 0.688. The van der Waals surface area contributed by atoms with Gasteiger partial charge >= 0.3 is 0 Å². The van der Waals surface area contributed by atoms with Crippen molar-refractivity contribution in [1.29, 1.82) is 0 Å². The van der Waals surface area contributed by atoms with Gasteiger partial charge in [-0.1, -0.05) is 6.92 Å². The topological polar surface area (TPSA) is 46.6 Å². The fourth-order valence-electron chi connectivity index (χ4n) is 2.32. The summed E-state index contributed by atoms with van der Waals surface area (Å²) in [7, 11) is 5.44. The Bertz CT molecular complexity index is 366. The predicted octanol–water partition coefficient (Wildman–Crippen LogP) is 2.24. The molecule has 0 amide bonds. The molecule has 0 aliphatic carbocycles. The maximum Gasteiger partial charge on any atom is 0.0637 e. The summed E-state index contributed by atoms with van der Waals surface area (Å²) in [6.07, 6.45) is 3.98. The van der Waals surface area contributed by atoms with E-state index in [-0.39, 0.29) is 0 Å². The number of rotatable bonds is 11. The summed E-state index contributed by atoms with van der Waals surface area (Å²) in [5.41, 5.74) is 2.23. The minimum atomic E-state index is 0.319. The third kappa shape index (κ3) is 5.99. The fourth-order valence-corrected chi connectivity index (χ4v) is 2.32. The van der Waals surface area contributed by atoms with Crippen LogP contribution >= 0.6 is 0 Å². The van der Waals surface area contributed by atoms with Crippen molar-refractivity contribution in [3.8, 4) is 0 Å². The average Bonchev–Trinajstić information content (AvgIpc) is 2.53. The summed E-state index contributed by atoms with van der Waals surface area (Å²) in [4.78, 5) is 6.89. The van der Waals surface area contributed by atoms with Crippen LogP contribution < -0.4 is 10.2 Å². The molecule has 0 aliphatic rings. The van der Waals surface area contributed by atoms with E-state index in [1.165, 1.54) is 0 Å². The molecular weight excluding hydrogens is 266 g/mol. The Hall–Kier alpha value is -1.17. The van der Waals surface area contributed by atoms with Gasteiger partial charge in [0.1, 0.15) is 0 Å². The van der Waals surface area contributed by atoms with Gasteiger partial charge in [-0.15, -0.1) is 0 Å². The Morgan fingerprint density at radius 3 is 2.48 bits per heavy atom. The van der Waals surface area contributed by atoms with Crippen LogP contribution in [0.3, 0.4) is 0 Å². The van der Waals surface area contributed by atoms with Gasteiger partial charge in [0, 0.05) is 40.0 Å². The summed E-state index contributed by atoms with van der Waals surface area (Å²) in [6.45, 7) is 5.45. The number of ether oxygens (including phenoxy) is 2. The first-order chi connectivity index (χ1) is 10.3. The van der Waals surface area contributed by atoms with Crippen LogP contribution in [0.5, 0.6) is 0 Å². The first kappa shape index (κ1) is 17.9. The van der Waals surface area contributed by atoms with E-state index in [1.807, 2.05) is 13.2 Å². The van der Waals surface area contributed by atoms with E-state index >= 15 is 0 Å². The van der Waals surface area contributed by atoms with Crippen LogP contribution in [0.25, 0.3) is 0 Å². The summed E-state index contributed by atoms with van der Waals surface area (Å²) < 4.78 is 10.3. The van der Waals surface area contributed by atoms with E-state index in [0.29, 0.717) is 12.6 Å². The number of hydrogen-bond acceptors (Lipinski definition) is 5. The normalized spacial score (nSPS) is 12.4. The minimum Gasteiger partial charge on any atom is -0.385 e. The second-order valence-corrected chi connectivity index (χ2v) is 5.02. The summed E-state index contributed by atoms with van der Waals surface area (Å²) in [5, 5.41) is 3.28. The maximum atomic E-state index is 5.19. The Labute approximate surface area is 128 Å². The first-order valence-electron chi connectivity index (χ1n) is 7.62. The smallest absolute Gasteiger partial charge is 0.0637 e. The van der Waals surface area contributed by atoms with Gasteiger partial charge in [-0.25, -0.2) is 0 Å². The summed E-state index contributed by atoms with van der Waals surface area (Å²) in [5.74, 6) is 0. The maximum absolute atomic E-state index is 5.19. The Kier molecular flexibility index (Phi) is 8.98. The van der Waals surface area contributed by atoms with Crippen molar-refractivity contribution in [3.05, 3.63) is 24.0 Å². The second-order valence-electron chi connectivity index (χ2n) is 5.02. The standard InChI is InChI=1S/C16H29N3O2/c1-5-15(17-2)16-8-7-14(13-18-16)19(10-12-21-4)9-6-11-20-3/h7-8,13,15,17H,5-6,9-12H2,1-4H3. The zero-order valence-corrected chi connectivity index (χ0v) is 13.8. The van der Waals surface area contributed by atoms with Crippen LogP contribution in [0.15, 0.2) is 18.3 Å². The molecule has 0 spiro atoms. The van der Waals surface area contributed by atoms with Gasteiger partial charge in [-0.3, -0.25) is 4.98 Å². The Morgan fingerprint density at radius 2 is 1.95 bits per heavy atom. The molecule has 1 aromatic heterocycles. The lowest BCUT2D eigenvalue weighted by Crippen LogP contribution is -2.29. The van der Waals surface area contributed by atoms with Gasteiger partial charge < -0.3 is 19.7 Å². The van der Waals surface area contributed by atoms with E-state index in [9.17, 15) is 0 Å². The number of anilines is 1.